The molecule has 0 aromatic heterocycles. The first-order chi connectivity index (χ1) is 14.1. The van der Waals surface area contributed by atoms with Crippen LogP contribution in [-0.2, 0) is 4.79 Å². The van der Waals surface area contributed by atoms with Crippen LogP contribution in [0.1, 0.15) is 27.9 Å². The maximum absolute atomic E-state index is 12.7. The molecule has 2 aromatic rings. The van der Waals surface area contributed by atoms with Crippen LogP contribution in [0.4, 0.5) is 17.1 Å². The Morgan fingerprint density at radius 1 is 1.07 bits per heavy atom. The average molecular weight is 412 g/mol. The highest BCUT2D eigenvalue weighted by Gasteiger charge is 2.24. The molecule has 0 heterocycles. The highest BCUT2D eigenvalue weighted by atomic mass is 16.6. The van der Waals surface area contributed by atoms with Gasteiger partial charge >= 0.3 is 0 Å². The van der Waals surface area contributed by atoms with Crippen LogP contribution >= 0.6 is 0 Å². The fraction of sp³-hybridized carbons (Fsp3) is 0.200. The number of benzene rings is 2. The predicted octanol–water partition coefficient (Wildman–Crippen LogP) is 3.43. The van der Waals surface area contributed by atoms with Crippen LogP contribution in [0.25, 0.3) is 0 Å². The summed E-state index contributed by atoms with van der Waals surface area (Å²) in [7, 11) is 0. The zero-order valence-electron chi connectivity index (χ0n) is 16.4. The van der Waals surface area contributed by atoms with Gasteiger partial charge in [-0.25, -0.2) is 0 Å². The minimum Gasteiger partial charge on any atom is -0.340 e. The molecule has 10 nitrogen and oxygen atoms in total. The Hall–Kier alpha value is -4.08. The van der Waals surface area contributed by atoms with Gasteiger partial charge in [-0.05, 0) is 31.4 Å². The zero-order chi connectivity index (χ0) is 22.4. The molecule has 0 aliphatic carbocycles. The second kappa shape index (κ2) is 9.41. The van der Waals surface area contributed by atoms with E-state index >= 15 is 0 Å². The number of nitro groups is 2. The fourth-order valence-electron chi connectivity index (χ4n) is 2.80. The molecule has 1 unspecified atom stereocenters. The van der Waals surface area contributed by atoms with Crippen LogP contribution in [-0.4, -0.2) is 27.7 Å². The van der Waals surface area contributed by atoms with Crippen molar-refractivity contribution in [1.82, 2.24) is 5.32 Å². The lowest BCUT2D eigenvalue weighted by Crippen LogP contribution is -2.43. The molecule has 0 spiro atoms. The van der Waals surface area contributed by atoms with Gasteiger partial charge in [-0.15, -0.1) is 6.58 Å². The molecular formula is C20H20N4O6. The fourth-order valence-corrected chi connectivity index (χ4v) is 2.80. The summed E-state index contributed by atoms with van der Waals surface area (Å²) in [5.41, 5.74) is 0.772. The van der Waals surface area contributed by atoms with Crippen LogP contribution in [0.5, 0.6) is 0 Å². The van der Waals surface area contributed by atoms with Gasteiger partial charge in [0.15, 0.2) is 0 Å². The molecule has 0 aliphatic rings. The molecule has 2 aromatic carbocycles. The number of amides is 2. The van der Waals surface area contributed by atoms with Crippen molar-refractivity contribution in [1.29, 1.82) is 0 Å². The van der Waals surface area contributed by atoms with Crippen molar-refractivity contribution in [3.8, 4) is 0 Å². The van der Waals surface area contributed by atoms with Gasteiger partial charge in [0.2, 0.25) is 5.91 Å². The van der Waals surface area contributed by atoms with E-state index in [0.717, 1.165) is 29.3 Å². The number of anilines is 1. The largest absolute Gasteiger partial charge is 0.340 e. The van der Waals surface area contributed by atoms with E-state index in [9.17, 15) is 29.8 Å². The molecule has 2 rings (SSSR count). The van der Waals surface area contributed by atoms with Crippen molar-refractivity contribution in [2.24, 2.45) is 0 Å². The second-order valence-electron chi connectivity index (χ2n) is 6.56. The van der Waals surface area contributed by atoms with Gasteiger partial charge in [-0.3, -0.25) is 29.8 Å². The molecule has 0 aliphatic heterocycles. The van der Waals surface area contributed by atoms with Crippen molar-refractivity contribution in [3.05, 3.63) is 86.0 Å². The minimum atomic E-state index is -1.03. The summed E-state index contributed by atoms with van der Waals surface area (Å²) in [5, 5.41) is 27.3. The molecule has 2 N–H and O–H groups in total. The number of carbonyl (C=O) groups is 2. The quantitative estimate of drug-likeness (QED) is 0.386. The first-order valence-corrected chi connectivity index (χ1v) is 8.86. The number of hydrogen-bond donors (Lipinski definition) is 2. The lowest BCUT2D eigenvalue weighted by Gasteiger charge is -2.19. The molecule has 0 fully saturated rings. The Morgan fingerprint density at radius 2 is 1.60 bits per heavy atom. The van der Waals surface area contributed by atoms with E-state index in [1.807, 2.05) is 32.0 Å². The molecule has 1 atom stereocenters. The molecule has 0 bridgehead atoms. The first kappa shape index (κ1) is 22.2. The Morgan fingerprint density at radius 3 is 2.07 bits per heavy atom. The monoisotopic (exact) mass is 412 g/mol. The summed E-state index contributed by atoms with van der Waals surface area (Å²) in [4.78, 5) is 45.7. The summed E-state index contributed by atoms with van der Waals surface area (Å²) in [6, 6.07) is 7.04. The van der Waals surface area contributed by atoms with E-state index in [1.165, 1.54) is 6.08 Å². The predicted molar refractivity (Wildman–Crippen MR) is 110 cm³/mol. The molecule has 156 valence electrons. The van der Waals surface area contributed by atoms with Gasteiger partial charge in [0.1, 0.15) is 6.04 Å². The summed E-state index contributed by atoms with van der Waals surface area (Å²) in [6.45, 7) is 7.22. The Labute approximate surface area is 171 Å². The SMILES string of the molecule is C=CCC(NC(=O)c1cc([N+](=O)[O-])cc([N+](=O)[O-])c1)C(=O)Nc1c(C)cccc1C. The molecule has 0 radical (unpaired) electrons. The van der Waals surface area contributed by atoms with Crippen LogP contribution in [0.2, 0.25) is 0 Å². The molecule has 2 amide bonds. The van der Waals surface area contributed by atoms with Crippen molar-refractivity contribution in [3.63, 3.8) is 0 Å². The molecule has 30 heavy (non-hydrogen) atoms. The van der Waals surface area contributed by atoms with Gasteiger partial charge in [-0.1, -0.05) is 24.3 Å². The van der Waals surface area contributed by atoms with Crippen molar-refractivity contribution >= 4 is 28.9 Å². The lowest BCUT2D eigenvalue weighted by atomic mass is 10.1. The molecular weight excluding hydrogens is 392 g/mol. The van der Waals surface area contributed by atoms with E-state index in [-0.39, 0.29) is 12.0 Å². The van der Waals surface area contributed by atoms with E-state index in [2.05, 4.69) is 17.2 Å². The third kappa shape index (κ3) is 5.25. The van der Waals surface area contributed by atoms with E-state index in [0.29, 0.717) is 5.69 Å². The third-order valence-corrected chi connectivity index (χ3v) is 4.34. The summed E-state index contributed by atoms with van der Waals surface area (Å²) < 4.78 is 0. The van der Waals surface area contributed by atoms with Crippen LogP contribution < -0.4 is 10.6 Å². The number of aryl methyl sites for hydroxylation is 2. The van der Waals surface area contributed by atoms with Gasteiger partial charge < -0.3 is 10.6 Å². The van der Waals surface area contributed by atoms with Crippen LogP contribution in [0.15, 0.2) is 49.1 Å². The van der Waals surface area contributed by atoms with Crippen molar-refractivity contribution < 1.29 is 19.4 Å². The second-order valence-corrected chi connectivity index (χ2v) is 6.56. The normalized spacial score (nSPS) is 11.3. The minimum absolute atomic E-state index is 0.0829. The maximum atomic E-state index is 12.7. The van der Waals surface area contributed by atoms with Crippen molar-refractivity contribution in [2.75, 3.05) is 5.32 Å². The Kier molecular flexibility index (Phi) is 6.97. The van der Waals surface area contributed by atoms with Gasteiger partial charge in [0, 0.05) is 17.8 Å². The summed E-state index contributed by atoms with van der Waals surface area (Å²) >= 11 is 0. The van der Waals surface area contributed by atoms with Gasteiger partial charge in [0.25, 0.3) is 17.3 Å². The number of nitrogens with one attached hydrogen (secondary N) is 2. The zero-order valence-corrected chi connectivity index (χ0v) is 16.4. The average Bonchev–Trinajstić information content (AvgIpc) is 2.69. The number of non-ortho nitro benzene ring substituents is 2. The smallest absolute Gasteiger partial charge is 0.277 e. The van der Waals surface area contributed by atoms with Gasteiger partial charge in [0.05, 0.1) is 21.5 Å². The van der Waals surface area contributed by atoms with Crippen LogP contribution in [0.3, 0.4) is 0 Å². The lowest BCUT2D eigenvalue weighted by molar-refractivity contribution is -0.394. The Balaban J connectivity index is 2.29. The Bertz CT molecular complexity index is 981. The number of para-hydroxylation sites is 1. The molecule has 0 saturated carbocycles. The number of carbonyl (C=O) groups excluding carboxylic acids is 2. The van der Waals surface area contributed by atoms with E-state index in [4.69, 9.17) is 0 Å². The topological polar surface area (TPSA) is 144 Å². The third-order valence-electron chi connectivity index (χ3n) is 4.34. The molecule has 0 saturated heterocycles. The van der Waals surface area contributed by atoms with E-state index < -0.39 is 39.1 Å². The maximum Gasteiger partial charge on any atom is 0.277 e. The number of rotatable bonds is 8. The first-order valence-electron chi connectivity index (χ1n) is 8.86. The van der Waals surface area contributed by atoms with Crippen LogP contribution in [0, 0.1) is 34.1 Å². The van der Waals surface area contributed by atoms with Gasteiger partial charge in [-0.2, -0.15) is 0 Å². The standard InChI is InChI=1S/C20H20N4O6/c1-4-6-17(20(26)22-18-12(2)7-5-8-13(18)3)21-19(25)14-9-15(23(27)28)11-16(10-14)24(29)30/h4-5,7-11,17H,1,6H2,2-3H3,(H,21,25)(H,22,26). The number of nitrogens with zero attached hydrogens (tertiary/aromatic N) is 2. The highest BCUT2D eigenvalue weighted by molar-refractivity contribution is 6.02. The molecule has 10 heteroatoms. The highest BCUT2D eigenvalue weighted by Crippen LogP contribution is 2.23. The summed E-state index contributed by atoms with van der Waals surface area (Å²) in [6.07, 6.45) is 1.52. The number of nitro benzene ring substituents is 2. The summed E-state index contributed by atoms with van der Waals surface area (Å²) in [5.74, 6) is -1.37. The van der Waals surface area contributed by atoms with Crippen molar-refractivity contribution in [2.45, 2.75) is 26.3 Å². The number of hydrogen-bond acceptors (Lipinski definition) is 6. The van der Waals surface area contributed by atoms with E-state index in [1.54, 1.807) is 0 Å².